The van der Waals surface area contributed by atoms with Gasteiger partial charge in [0.25, 0.3) is 0 Å². The number of nitrogens with zero attached hydrogens (tertiary/aromatic N) is 2. The lowest BCUT2D eigenvalue weighted by molar-refractivity contribution is 0.139. The van der Waals surface area contributed by atoms with Gasteiger partial charge in [0.1, 0.15) is 0 Å². The van der Waals surface area contributed by atoms with Crippen LogP contribution in [0.25, 0.3) is 10.9 Å². The number of anilines is 1. The molecular weight excluding hydrogens is 284 g/mol. The van der Waals surface area contributed by atoms with Crippen molar-refractivity contribution in [3.8, 4) is 0 Å². The van der Waals surface area contributed by atoms with Crippen LogP contribution in [0.2, 0.25) is 0 Å². The molecule has 4 heteroatoms. The number of rotatable bonds is 4. The SMILES string of the molecule is COCC1CCN(c2cc(CCl)nc3ccccc23)CC1. The van der Waals surface area contributed by atoms with Gasteiger partial charge >= 0.3 is 0 Å². The molecule has 0 N–H and O–H groups in total. The highest BCUT2D eigenvalue weighted by atomic mass is 35.5. The second-order valence-corrected chi connectivity index (χ2v) is 5.94. The Morgan fingerprint density at radius 1 is 1.29 bits per heavy atom. The summed E-state index contributed by atoms with van der Waals surface area (Å²) in [5.41, 5.74) is 3.25. The minimum Gasteiger partial charge on any atom is -0.384 e. The highest BCUT2D eigenvalue weighted by molar-refractivity contribution is 6.17. The summed E-state index contributed by atoms with van der Waals surface area (Å²) in [6, 6.07) is 10.5. The Morgan fingerprint density at radius 2 is 2.05 bits per heavy atom. The number of hydrogen-bond donors (Lipinski definition) is 0. The van der Waals surface area contributed by atoms with Gasteiger partial charge in [-0.3, -0.25) is 4.98 Å². The number of methoxy groups -OCH3 is 1. The van der Waals surface area contributed by atoms with Gasteiger partial charge in [-0.2, -0.15) is 0 Å². The number of alkyl halides is 1. The van der Waals surface area contributed by atoms with Crippen LogP contribution in [-0.4, -0.2) is 31.8 Å². The normalized spacial score (nSPS) is 16.6. The second kappa shape index (κ2) is 6.63. The van der Waals surface area contributed by atoms with E-state index in [1.807, 2.05) is 6.07 Å². The Morgan fingerprint density at radius 3 is 2.76 bits per heavy atom. The molecule has 112 valence electrons. The molecule has 0 saturated carbocycles. The maximum absolute atomic E-state index is 6.01. The number of fused-ring (bicyclic) bond motifs is 1. The molecule has 1 aromatic heterocycles. The first-order valence-electron chi connectivity index (χ1n) is 7.50. The average Bonchev–Trinajstić information content (AvgIpc) is 2.55. The summed E-state index contributed by atoms with van der Waals surface area (Å²) in [4.78, 5) is 7.08. The minimum absolute atomic E-state index is 0.456. The molecule has 1 saturated heterocycles. The van der Waals surface area contributed by atoms with Gasteiger partial charge in [0.15, 0.2) is 0 Å². The van der Waals surface area contributed by atoms with Crippen LogP contribution in [0, 0.1) is 5.92 Å². The third kappa shape index (κ3) is 3.14. The molecule has 3 rings (SSSR count). The van der Waals surface area contributed by atoms with Crippen molar-refractivity contribution < 1.29 is 4.74 Å². The van der Waals surface area contributed by atoms with Gasteiger partial charge in [-0.15, -0.1) is 11.6 Å². The van der Waals surface area contributed by atoms with E-state index in [9.17, 15) is 0 Å². The van der Waals surface area contributed by atoms with Crippen molar-refractivity contribution in [3.05, 3.63) is 36.0 Å². The molecule has 2 aromatic rings. The van der Waals surface area contributed by atoms with Crippen LogP contribution >= 0.6 is 11.6 Å². The molecule has 1 aliphatic rings. The van der Waals surface area contributed by atoms with Gasteiger partial charge in [-0.05, 0) is 30.9 Å². The molecule has 0 radical (unpaired) electrons. The van der Waals surface area contributed by atoms with E-state index >= 15 is 0 Å². The Bertz CT molecular complexity index is 609. The molecule has 0 bridgehead atoms. The molecule has 2 heterocycles. The van der Waals surface area contributed by atoms with Gasteiger partial charge in [0.05, 0.1) is 17.1 Å². The number of piperidine rings is 1. The topological polar surface area (TPSA) is 25.4 Å². The van der Waals surface area contributed by atoms with Crippen LogP contribution in [0.1, 0.15) is 18.5 Å². The first-order valence-corrected chi connectivity index (χ1v) is 8.03. The monoisotopic (exact) mass is 304 g/mol. The van der Waals surface area contributed by atoms with Crippen LogP contribution in [0.15, 0.2) is 30.3 Å². The van der Waals surface area contributed by atoms with E-state index in [2.05, 4.69) is 34.1 Å². The predicted molar refractivity (Wildman–Crippen MR) is 88.1 cm³/mol. The molecule has 0 aliphatic carbocycles. The van der Waals surface area contributed by atoms with E-state index in [0.29, 0.717) is 11.8 Å². The van der Waals surface area contributed by atoms with Gasteiger partial charge in [0.2, 0.25) is 0 Å². The van der Waals surface area contributed by atoms with E-state index in [1.165, 1.54) is 23.9 Å². The molecule has 3 nitrogen and oxygen atoms in total. The molecule has 0 amide bonds. The number of pyridine rings is 1. The van der Waals surface area contributed by atoms with E-state index < -0.39 is 0 Å². The zero-order valence-corrected chi connectivity index (χ0v) is 13.1. The van der Waals surface area contributed by atoms with Crippen LogP contribution in [0.4, 0.5) is 5.69 Å². The average molecular weight is 305 g/mol. The molecule has 0 unspecified atom stereocenters. The quantitative estimate of drug-likeness (QED) is 0.803. The Kier molecular flexibility index (Phi) is 4.61. The third-order valence-electron chi connectivity index (χ3n) is 4.24. The van der Waals surface area contributed by atoms with E-state index in [4.69, 9.17) is 16.3 Å². The van der Waals surface area contributed by atoms with Crippen molar-refractivity contribution in [1.29, 1.82) is 0 Å². The van der Waals surface area contributed by atoms with Crippen molar-refractivity contribution in [3.63, 3.8) is 0 Å². The lowest BCUT2D eigenvalue weighted by atomic mass is 9.97. The highest BCUT2D eigenvalue weighted by Crippen LogP contribution is 2.30. The van der Waals surface area contributed by atoms with Crippen LogP contribution in [-0.2, 0) is 10.6 Å². The van der Waals surface area contributed by atoms with Gasteiger partial charge in [-0.25, -0.2) is 0 Å². The maximum atomic E-state index is 6.01. The number of aromatic nitrogens is 1. The summed E-state index contributed by atoms with van der Waals surface area (Å²) < 4.78 is 5.28. The standard InChI is InChI=1S/C17H21ClN2O/c1-21-12-13-6-8-20(9-7-13)17-10-14(11-18)19-16-5-3-2-4-15(16)17/h2-5,10,13H,6-9,11-12H2,1H3. The van der Waals surface area contributed by atoms with Crippen molar-refractivity contribution in [2.45, 2.75) is 18.7 Å². The first kappa shape index (κ1) is 14.6. The van der Waals surface area contributed by atoms with Crippen LogP contribution in [0.3, 0.4) is 0 Å². The highest BCUT2D eigenvalue weighted by Gasteiger charge is 2.21. The molecule has 1 aromatic carbocycles. The van der Waals surface area contributed by atoms with E-state index in [-0.39, 0.29) is 0 Å². The molecule has 21 heavy (non-hydrogen) atoms. The summed E-state index contributed by atoms with van der Waals surface area (Å²) in [5.74, 6) is 1.14. The summed E-state index contributed by atoms with van der Waals surface area (Å²) >= 11 is 6.01. The summed E-state index contributed by atoms with van der Waals surface area (Å²) in [6.45, 7) is 3.02. The zero-order valence-electron chi connectivity index (χ0n) is 12.4. The zero-order chi connectivity index (χ0) is 14.7. The predicted octanol–water partition coefficient (Wildman–Crippen LogP) is 3.84. The second-order valence-electron chi connectivity index (χ2n) is 5.67. The first-order chi connectivity index (χ1) is 10.3. The molecular formula is C17H21ClN2O. The number of para-hydroxylation sites is 1. The largest absolute Gasteiger partial charge is 0.384 e. The van der Waals surface area contributed by atoms with E-state index in [1.54, 1.807) is 7.11 Å². The Labute approximate surface area is 130 Å². The third-order valence-corrected chi connectivity index (χ3v) is 4.52. The van der Waals surface area contributed by atoms with Gasteiger partial charge in [-0.1, -0.05) is 18.2 Å². The van der Waals surface area contributed by atoms with Crippen molar-refractivity contribution in [2.24, 2.45) is 5.92 Å². The fraction of sp³-hybridized carbons (Fsp3) is 0.471. The van der Waals surface area contributed by atoms with Crippen molar-refractivity contribution in [2.75, 3.05) is 31.7 Å². The van der Waals surface area contributed by atoms with Crippen molar-refractivity contribution >= 4 is 28.2 Å². The Balaban J connectivity index is 1.89. The van der Waals surface area contributed by atoms with Gasteiger partial charge < -0.3 is 9.64 Å². The van der Waals surface area contributed by atoms with Crippen molar-refractivity contribution in [1.82, 2.24) is 4.98 Å². The fourth-order valence-corrected chi connectivity index (χ4v) is 3.25. The van der Waals surface area contributed by atoms with E-state index in [0.717, 1.165) is 30.9 Å². The number of halogens is 1. The molecule has 1 fully saturated rings. The van der Waals surface area contributed by atoms with Crippen LogP contribution < -0.4 is 4.90 Å². The minimum atomic E-state index is 0.456. The van der Waals surface area contributed by atoms with Gasteiger partial charge in [0, 0.05) is 37.9 Å². The lowest BCUT2D eigenvalue weighted by Crippen LogP contribution is -2.35. The number of ether oxygens (including phenoxy) is 1. The number of hydrogen-bond acceptors (Lipinski definition) is 3. The molecule has 0 spiro atoms. The Hall–Kier alpha value is -1.32. The summed E-state index contributed by atoms with van der Waals surface area (Å²) in [6.07, 6.45) is 2.36. The molecule has 1 aliphatic heterocycles. The molecule has 0 atom stereocenters. The maximum Gasteiger partial charge on any atom is 0.0726 e. The summed E-state index contributed by atoms with van der Waals surface area (Å²) in [7, 11) is 1.79. The fourth-order valence-electron chi connectivity index (χ4n) is 3.12. The lowest BCUT2D eigenvalue weighted by Gasteiger charge is -2.34. The van der Waals surface area contributed by atoms with Crippen LogP contribution in [0.5, 0.6) is 0 Å². The summed E-state index contributed by atoms with van der Waals surface area (Å²) in [5, 5.41) is 1.22. The smallest absolute Gasteiger partial charge is 0.0726 e. The number of benzene rings is 1.